The highest BCUT2D eigenvalue weighted by atomic mass is 16.3. The van der Waals surface area contributed by atoms with Gasteiger partial charge >= 0.3 is 0 Å². The van der Waals surface area contributed by atoms with Crippen molar-refractivity contribution in [2.75, 3.05) is 0 Å². The minimum atomic E-state index is -0.118. The molecule has 2 heteroatoms. The summed E-state index contributed by atoms with van der Waals surface area (Å²) >= 11 is 0. The maximum atomic E-state index is 10.2. The lowest BCUT2D eigenvalue weighted by molar-refractivity contribution is -0.0425. The average Bonchev–Trinajstić information content (AvgIpc) is 3.01. The van der Waals surface area contributed by atoms with E-state index < -0.39 is 0 Å². The third kappa shape index (κ3) is 2.45. The van der Waals surface area contributed by atoms with Gasteiger partial charge in [-0.2, -0.15) is 0 Å². The van der Waals surface area contributed by atoms with Gasteiger partial charge in [-0.3, -0.25) is 4.98 Å². The average molecular weight is 364 g/mol. The molecular weight excluding hydrogens is 330 g/mol. The Morgan fingerprint density at radius 1 is 1.11 bits per heavy atom. The summed E-state index contributed by atoms with van der Waals surface area (Å²) in [5.74, 6) is 2.90. The molecule has 1 N–H and O–H groups in total. The van der Waals surface area contributed by atoms with Gasteiger partial charge in [0.25, 0.3) is 0 Å². The standard InChI is InChI=1S/C25H33NO/c1-16-13-18-14-19(27)8-10-24(18,2)22-9-11-25(3)20(6-7-21(25)23(16)22)17-5-4-12-26-15-17/h4-6,12-13,15-16,19,21-23,27H,7-11,14H2,1-3H3/t16-,19+,21+,22+,23+,24+,25-/m1/s1. The quantitative estimate of drug-likeness (QED) is 0.655. The lowest BCUT2D eigenvalue weighted by atomic mass is 9.45. The summed E-state index contributed by atoms with van der Waals surface area (Å²) in [7, 11) is 0. The summed E-state index contributed by atoms with van der Waals surface area (Å²) in [6, 6.07) is 4.32. The first-order chi connectivity index (χ1) is 12.9. The van der Waals surface area contributed by atoms with Crippen LogP contribution in [0.3, 0.4) is 0 Å². The molecule has 2 nitrogen and oxygen atoms in total. The van der Waals surface area contributed by atoms with Crippen LogP contribution in [0.4, 0.5) is 0 Å². The topological polar surface area (TPSA) is 33.1 Å². The van der Waals surface area contributed by atoms with Crippen molar-refractivity contribution in [3.05, 3.63) is 47.8 Å². The van der Waals surface area contributed by atoms with Gasteiger partial charge in [0.1, 0.15) is 0 Å². The fourth-order valence-electron chi connectivity index (χ4n) is 7.54. The normalized spacial score (nSPS) is 46.0. The summed E-state index contributed by atoms with van der Waals surface area (Å²) in [5.41, 5.74) is 5.04. The maximum absolute atomic E-state index is 10.2. The zero-order chi connectivity index (χ0) is 18.8. The highest BCUT2D eigenvalue weighted by Gasteiger charge is 2.58. The van der Waals surface area contributed by atoms with Crippen LogP contribution in [0.5, 0.6) is 0 Å². The van der Waals surface area contributed by atoms with E-state index in [1.165, 1.54) is 31.2 Å². The summed E-state index contributed by atoms with van der Waals surface area (Å²) in [6.45, 7) is 7.49. The Morgan fingerprint density at radius 2 is 1.93 bits per heavy atom. The molecule has 2 fully saturated rings. The van der Waals surface area contributed by atoms with E-state index in [1.54, 1.807) is 11.1 Å². The Balaban J connectivity index is 1.52. The van der Waals surface area contributed by atoms with E-state index in [0.717, 1.165) is 30.6 Å². The summed E-state index contributed by atoms with van der Waals surface area (Å²) in [4.78, 5) is 4.39. The van der Waals surface area contributed by atoms with Gasteiger partial charge < -0.3 is 5.11 Å². The van der Waals surface area contributed by atoms with Gasteiger partial charge in [-0.1, -0.05) is 44.6 Å². The molecule has 5 rings (SSSR count). The summed E-state index contributed by atoms with van der Waals surface area (Å²) in [6.07, 6.45) is 15.8. The number of aliphatic hydroxyl groups excluding tert-OH is 1. The molecule has 0 bridgehead atoms. The number of nitrogens with zero attached hydrogens (tertiary/aromatic N) is 1. The zero-order valence-corrected chi connectivity index (χ0v) is 17.0. The molecule has 0 amide bonds. The fourth-order valence-corrected chi connectivity index (χ4v) is 7.54. The second-order valence-corrected chi connectivity index (χ2v) is 10.2. The van der Waals surface area contributed by atoms with Gasteiger partial charge in [-0.05, 0) is 90.2 Å². The molecule has 2 saturated carbocycles. The molecule has 1 aromatic rings. The van der Waals surface area contributed by atoms with Gasteiger partial charge in [-0.15, -0.1) is 0 Å². The second-order valence-electron chi connectivity index (χ2n) is 10.2. The monoisotopic (exact) mass is 363 g/mol. The highest BCUT2D eigenvalue weighted by Crippen LogP contribution is 2.67. The van der Waals surface area contributed by atoms with Crippen molar-refractivity contribution in [3.63, 3.8) is 0 Å². The van der Waals surface area contributed by atoms with E-state index in [-0.39, 0.29) is 11.5 Å². The lowest BCUT2D eigenvalue weighted by Crippen LogP contribution is -2.52. The molecule has 4 aliphatic rings. The van der Waals surface area contributed by atoms with E-state index in [0.29, 0.717) is 11.3 Å². The van der Waals surface area contributed by atoms with Gasteiger partial charge in [-0.25, -0.2) is 0 Å². The first kappa shape index (κ1) is 17.7. The Morgan fingerprint density at radius 3 is 2.70 bits per heavy atom. The molecule has 4 aliphatic carbocycles. The molecule has 0 spiro atoms. The summed E-state index contributed by atoms with van der Waals surface area (Å²) < 4.78 is 0. The Bertz CT molecular complexity index is 796. The fraction of sp³-hybridized carbons (Fsp3) is 0.640. The van der Waals surface area contributed by atoms with Gasteiger partial charge in [0.15, 0.2) is 0 Å². The van der Waals surface area contributed by atoms with Crippen LogP contribution in [-0.4, -0.2) is 16.2 Å². The molecular formula is C25H33NO. The van der Waals surface area contributed by atoms with Crippen molar-refractivity contribution in [3.8, 4) is 0 Å². The van der Waals surface area contributed by atoms with Crippen molar-refractivity contribution in [1.82, 2.24) is 4.98 Å². The highest BCUT2D eigenvalue weighted by molar-refractivity contribution is 5.72. The van der Waals surface area contributed by atoms with E-state index in [9.17, 15) is 5.11 Å². The minimum absolute atomic E-state index is 0.118. The zero-order valence-electron chi connectivity index (χ0n) is 17.0. The predicted molar refractivity (Wildman–Crippen MR) is 110 cm³/mol. The summed E-state index contributed by atoms with van der Waals surface area (Å²) in [5, 5.41) is 10.2. The third-order valence-electron chi connectivity index (χ3n) is 8.96. The molecule has 0 radical (unpaired) electrons. The van der Waals surface area contributed by atoms with Gasteiger partial charge in [0, 0.05) is 12.4 Å². The van der Waals surface area contributed by atoms with Crippen molar-refractivity contribution in [2.45, 2.75) is 65.4 Å². The van der Waals surface area contributed by atoms with Crippen LogP contribution in [0.2, 0.25) is 0 Å². The molecule has 1 aromatic heterocycles. The van der Waals surface area contributed by atoms with E-state index in [2.05, 4.69) is 56.2 Å². The SMILES string of the molecule is C[C@@H]1C=C2C[C@@H](O)CC[C@]2(C)[C@H]2CC[C@]3(C)C(c4cccnc4)=CC[C@H]3[C@H]12. The number of allylic oxidation sites excluding steroid dienone is 3. The maximum Gasteiger partial charge on any atom is 0.0577 e. The number of aliphatic hydroxyl groups is 1. The van der Waals surface area contributed by atoms with Crippen LogP contribution < -0.4 is 0 Å². The van der Waals surface area contributed by atoms with Crippen LogP contribution in [0, 0.1) is 34.5 Å². The molecule has 0 unspecified atom stereocenters. The number of aromatic nitrogens is 1. The Kier molecular flexibility index (Phi) is 3.95. The molecule has 1 heterocycles. The van der Waals surface area contributed by atoms with Crippen molar-refractivity contribution in [2.24, 2.45) is 34.5 Å². The molecule has 0 aliphatic heterocycles. The van der Waals surface area contributed by atoms with E-state index in [4.69, 9.17) is 0 Å². The minimum Gasteiger partial charge on any atom is -0.393 e. The van der Waals surface area contributed by atoms with E-state index >= 15 is 0 Å². The van der Waals surface area contributed by atoms with Crippen molar-refractivity contribution >= 4 is 5.57 Å². The first-order valence-corrected chi connectivity index (χ1v) is 10.9. The largest absolute Gasteiger partial charge is 0.393 e. The van der Waals surface area contributed by atoms with Crippen molar-refractivity contribution in [1.29, 1.82) is 0 Å². The van der Waals surface area contributed by atoms with Crippen LogP contribution in [0.25, 0.3) is 5.57 Å². The lowest BCUT2D eigenvalue weighted by Gasteiger charge is -2.59. The Labute approximate surface area is 163 Å². The van der Waals surface area contributed by atoms with Gasteiger partial charge in [0.2, 0.25) is 0 Å². The predicted octanol–water partition coefficient (Wildman–Crippen LogP) is 5.64. The van der Waals surface area contributed by atoms with Crippen LogP contribution in [0.15, 0.2) is 42.3 Å². The van der Waals surface area contributed by atoms with E-state index in [1.807, 2.05) is 6.20 Å². The van der Waals surface area contributed by atoms with Crippen LogP contribution in [-0.2, 0) is 0 Å². The molecule has 27 heavy (non-hydrogen) atoms. The molecule has 144 valence electrons. The van der Waals surface area contributed by atoms with Crippen LogP contribution in [0.1, 0.15) is 64.9 Å². The number of hydrogen-bond donors (Lipinski definition) is 1. The van der Waals surface area contributed by atoms with Gasteiger partial charge in [0.05, 0.1) is 6.10 Å². The molecule has 7 atom stereocenters. The molecule has 0 saturated heterocycles. The second kappa shape index (κ2) is 6.04. The molecule has 0 aromatic carbocycles. The smallest absolute Gasteiger partial charge is 0.0577 e. The Hall–Kier alpha value is -1.41. The van der Waals surface area contributed by atoms with Crippen LogP contribution >= 0.6 is 0 Å². The number of hydrogen-bond acceptors (Lipinski definition) is 2. The van der Waals surface area contributed by atoms with Crippen molar-refractivity contribution < 1.29 is 5.11 Å². The third-order valence-corrected chi connectivity index (χ3v) is 8.96. The first-order valence-electron chi connectivity index (χ1n) is 10.9. The number of fused-ring (bicyclic) bond motifs is 5. The number of rotatable bonds is 1. The number of pyridine rings is 1.